The number of aryl methyl sites for hydroxylation is 1. The monoisotopic (exact) mass is 339 g/mol. The normalized spacial score (nSPS) is 16.4. The minimum atomic E-state index is -0.0631. The number of H-pyrrole nitrogens is 2. The van der Waals surface area contributed by atoms with Crippen molar-refractivity contribution in [3.8, 4) is 11.5 Å². The Labute approximate surface area is 145 Å². The predicted molar refractivity (Wildman–Crippen MR) is 93.1 cm³/mol. The summed E-state index contributed by atoms with van der Waals surface area (Å²) in [5, 5.41) is 6.86. The number of nitrogens with zero attached hydrogens (tertiary/aromatic N) is 3. The lowest BCUT2D eigenvalue weighted by Gasteiger charge is -2.31. The molecule has 0 aliphatic carbocycles. The van der Waals surface area contributed by atoms with Crippen LogP contribution in [0.5, 0.6) is 0 Å². The van der Waals surface area contributed by atoms with Gasteiger partial charge < -0.3 is 9.40 Å². The van der Waals surface area contributed by atoms with E-state index >= 15 is 0 Å². The maximum Gasteiger partial charge on any atom is 0.251 e. The highest BCUT2D eigenvalue weighted by molar-refractivity contribution is 5.51. The van der Waals surface area contributed by atoms with Gasteiger partial charge in [0.15, 0.2) is 5.76 Å². The van der Waals surface area contributed by atoms with Gasteiger partial charge in [0.05, 0.1) is 12.2 Å². The minimum absolute atomic E-state index is 0.0631. The smallest absolute Gasteiger partial charge is 0.251 e. The first-order chi connectivity index (χ1) is 12.2. The first-order valence-corrected chi connectivity index (χ1v) is 8.56. The van der Waals surface area contributed by atoms with Crippen LogP contribution in [-0.2, 0) is 6.54 Å². The SMILES string of the molecule is Cc1nc(C2CCN(Cc3ccc(-c4ccn[nH]4)o3)CC2)cc(=O)[nH]1. The Bertz CT molecular complexity index is 888. The van der Waals surface area contributed by atoms with Crippen molar-refractivity contribution in [2.24, 2.45) is 0 Å². The van der Waals surface area contributed by atoms with E-state index in [2.05, 4.69) is 25.1 Å². The molecule has 0 amide bonds. The van der Waals surface area contributed by atoms with Gasteiger partial charge in [0.2, 0.25) is 0 Å². The molecule has 4 heterocycles. The van der Waals surface area contributed by atoms with E-state index in [0.717, 1.165) is 55.4 Å². The quantitative estimate of drug-likeness (QED) is 0.762. The molecule has 0 spiro atoms. The van der Waals surface area contributed by atoms with Crippen LogP contribution in [0.1, 0.15) is 36.0 Å². The van der Waals surface area contributed by atoms with Crippen molar-refractivity contribution < 1.29 is 4.42 Å². The topological polar surface area (TPSA) is 90.8 Å². The Morgan fingerprint density at radius 2 is 2.12 bits per heavy atom. The molecule has 1 aliphatic heterocycles. The molecule has 3 aromatic heterocycles. The second kappa shape index (κ2) is 6.68. The van der Waals surface area contributed by atoms with Crippen LogP contribution in [0, 0.1) is 6.92 Å². The zero-order valence-electron chi connectivity index (χ0n) is 14.2. The van der Waals surface area contributed by atoms with E-state index in [0.29, 0.717) is 11.7 Å². The first-order valence-electron chi connectivity index (χ1n) is 8.56. The molecule has 7 heteroatoms. The Hall–Kier alpha value is -2.67. The van der Waals surface area contributed by atoms with Crippen molar-refractivity contribution >= 4 is 0 Å². The third kappa shape index (κ3) is 3.56. The highest BCUT2D eigenvalue weighted by Crippen LogP contribution is 2.27. The van der Waals surface area contributed by atoms with E-state index in [9.17, 15) is 4.79 Å². The molecule has 0 radical (unpaired) electrons. The molecular formula is C18H21N5O2. The molecule has 0 aromatic carbocycles. The zero-order chi connectivity index (χ0) is 17.2. The molecule has 2 N–H and O–H groups in total. The van der Waals surface area contributed by atoms with Gasteiger partial charge in [0.1, 0.15) is 17.3 Å². The van der Waals surface area contributed by atoms with Gasteiger partial charge in [0, 0.05) is 18.2 Å². The largest absolute Gasteiger partial charge is 0.458 e. The standard InChI is InChI=1S/C18H21N5O2/c1-12-20-16(10-18(24)21-12)13-5-8-23(9-6-13)11-14-2-3-17(25-14)15-4-7-19-22-15/h2-4,7,10,13H,5-6,8-9,11H2,1H3,(H,19,22)(H,20,21,24). The molecule has 130 valence electrons. The van der Waals surface area contributed by atoms with E-state index in [1.165, 1.54) is 0 Å². The highest BCUT2D eigenvalue weighted by Gasteiger charge is 2.23. The fraction of sp³-hybridized carbons (Fsp3) is 0.389. The number of likely N-dealkylation sites (tertiary alicyclic amines) is 1. The van der Waals surface area contributed by atoms with E-state index in [1.54, 1.807) is 12.3 Å². The third-order valence-electron chi connectivity index (χ3n) is 4.69. The fourth-order valence-corrected chi connectivity index (χ4v) is 3.42. The van der Waals surface area contributed by atoms with Crippen LogP contribution in [0.25, 0.3) is 11.5 Å². The Morgan fingerprint density at radius 1 is 1.28 bits per heavy atom. The van der Waals surface area contributed by atoms with Crippen LogP contribution in [0.4, 0.5) is 0 Å². The first kappa shape index (κ1) is 15.8. The summed E-state index contributed by atoms with van der Waals surface area (Å²) in [6.07, 6.45) is 3.72. The molecule has 3 aromatic rings. The Balaban J connectivity index is 1.37. The van der Waals surface area contributed by atoms with Crippen molar-refractivity contribution in [2.45, 2.75) is 32.2 Å². The van der Waals surface area contributed by atoms with Gasteiger partial charge in [-0.2, -0.15) is 5.10 Å². The number of aromatic nitrogens is 4. The summed E-state index contributed by atoms with van der Waals surface area (Å²) >= 11 is 0. The van der Waals surface area contributed by atoms with Gasteiger partial charge >= 0.3 is 0 Å². The molecule has 1 aliphatic rings. The summed E-state index contributed by atoms with van der Waals surface area (Å²) in [4.78, 5) is 21.2. The fourth-order valence-electron chi connectivity index (χ4n) is 3.42. The summed E-state index contributed by atoms with van der Waals surface area (Å²) in [6.45, 7) is 4.56. The Kier molecular flexibility index (Phi) is 4.23. The summed E-state index contributed by atoms with van der Waals surface area (Å²) < 4.78 is 5.90. The van der Waals surface area contributed by atoms with Crippen LogP contribution in [0.2, 0.25) is 0 Å². The van der Waals surface area contributed by atoms with E-state index in [-0.39, 0.29) is 5.56 Å². The number of nitrogens with one attached hydrogen (secondary N) is 2. The number of piperidine rings is 1. The molecule has 0 bridgehead atoms. The summed E-state index contributed by atoms with van der Waals surface area (Å²) in [7, 11) is 0. The van der Waals surface area contributed by atoms with E-state index in [1.807, 2.05) is 25.1 Å². The molecule has 1 saturated heterocycles. The van der Waals surface area contributed by atoms with Crippen molar-refractivity contribution in [3.05, 3.63) is 58.1 Å². The number of rotatable bonds is 4. The van der Waals surface area contributed by atoms with Crippen LogP contribution in [-0.4, -0.2) is 38.2 Å². The molecule has 4 rings (SSSR count). The lowest BCUT2D eigenvalue weighted by atomic mass is 9.93. The molecule has 0 unspecified atom stereocenters. The van der Waals surface area contributed by atoms with Gasteiger partial charge in [-0.15, -0.1) is 0 Å². The van der Waals surface area contributed by atoms with Crippen molar-refractivity contribution in [2.75, 3.05) is 13.1 Å². The zero-order valence-corrected chi connectivity index (χ0v) is 14.2. The molecule has 0 atom stereocenters. The van der Waals surface area contributed by atoms with E-state index < -0.39 is 0 Å². The number of hydrogen-bond donors (Lipinski definition) is 2. The average molecular weight is 339 g/mol. The van der Waals surface area contributed by atoms with Crippen molar-refractivity contribution in [3.63, 3.8) is 0 Å². The van der Waals surface area contributed by atoms with Crippen LogP contribution < -0.4 is 5.56 Å². The number of aromatic amines is 2. The molecule has 1 fully saturated rings. The van der Waals surface area contributed by atoms with Gasteiger partial charge in [-0.1, -0.05) is 0 Å². The average Bonchev–Trinajstić information content (AvgIpc) is 3.26. The lowest BCUT2D eigenvalue weighted by Crippen LogP contribution is -2.33. The summed E-state index contributed by atoms with van der Waals surface area (Å²) in [5.41, 5.74) is 1.74. The van der Waals surface area contributed by atoms with E-state index in [4.69, 9.17) is 4.42 Å². The van der Waals surface area contributed by atoms with Crippen molar-refractivity contribution in [1.82, 2.24) is 25.1 Å². The highest BCUT2D eigenvalue weighted by atomic mass is 16.3. The third-order valence-corrected chi connectivity index (χ3v) is 4.69. The predicted octanol–water partition coefficient (Wildman–Crippen LogP) is 2.44. The van der Waals surface area contributed by atoms with Crippen LogP contribution in [0.15, 0.2) is 39.7 Å². The number of hydrogen-bond acceptors (Lipinski definition) is 5. The van der Waals surface area contributed by atoms with Gasteiger partial charge in [-0.25, -0.2) is 4.98 Å². The summed E-state index contributed by atoms with van der Waals surface area (Å²) in [5.74, 6) is 2.81. The molecule has 25 heavy (non-hydrogen) atoms. The summed E-state index contributed by atoms with van der Waals surface area (Å²) in [6, 6.07) is 7.52. The van der Waals surface area contributed by atoms with Gasteiger partial charge in [-0.3, -0.25) is 14.8 Å². The minimum Gasteiger partial charge on any atom is -0.458 e. The number of furan rings is 1. The lowest BCUT2D eigenvalue weighted by molar-refractivity contribution is 0.190. The van der Waals surface area contributed by atoms with Crippen molar-refractivity contribution in [1.29, 1.82) is 0 Å². The Morgan fingerprint density at radius 3 is 2.84 bits per heavy atom. The molecular weight excluding hydrogens is 318 g/mol. The van der Waals surface area contributed by atoms with Crippen LogP contribution in [0.3, 0.4) is 0 Å². The molecule has 7 nitrogen and oxygen atoms in total. The maximum atomic E-state index is 11.6. The maximum absolute atomic E-state index is 11.6. The van der Waals surface area contributed by atoms with Gasteiger partial charge in [-0.05, 0) is 51.1 Å². The second-order valence-corrected chi connectivity index (χ2v) is 6.54. The molecule has 0 saturated carbocycles. The second-order valence-electron chi connectivity index (χ2n) is 6.54. The van der Waals surface area contributed by atoms with Crippen LogP contribution >= 0.6 is 0 Å². The van der Waals surface area contributed by atoms with Gasteiger partial charge in [0.25, 0.3) is 5.56 Å².